The van der Waals surface area contributed by atoms with E-state index < -0.39 is 0 Å². The maximum atomic E-state index is 12.8. The molecule has 6 heteroatoms. The minimum absolute atomic E-state index is 0.0300. The van der Waals surface area contributed by atoms with Gasteiger partial charge in [0.2, 0.25) is 5.91 Å². The molecule has 3 fully saturated rings. The van der Waals surface area contributed by atoms with Crippen molar-refractivity contribution in [3.63, 3.8) is 0 Å². The third kappa shape index (κ3) is 3.00. The van der Waals surface area contributed by atoms with Gasteiger partial charge in [-0.1, -0.05) is 0 Å². The normalized spacial score (nSPS) is 24.2. The van der Waals surface area contributed by atoms with Crippen molar-refractivity contribution in [3.8, 4) is 0 Å². The maximum absolute atomic E-state index is 12.8. The van der Waals surface area contributed by atoms with Crippen molar-refractivity contribution in [2.45, 2.75) is 32.7 Å². The van der Waals surface area contributed by atoms with Crippen molar-refractivity contribution < 1.29 is 18.7 Å². The molecule has 3 aliphatic rings. The topological polar surface area (TPSA) is 63.0 Å². The van der Waals surface area contributed by atoms with Crippen LogP contribution >= 0.6 is 0 Å². The average molecular weight is 320 g/mol. The number of fused-ring (bicyclic) bond motifs is 4. The van der Waals surface area contributed by atoms with Crippen LogP contribution in [0.5, 0.6) is 0 Å². The van der Waals surface area contributed by atoms with Crippen LogP contribution in [0.4, 0.5) is 0 Å². The van der Waals surface area contributed by atoms with E-state index in [0.717, 1.165) is 18.6 Å². The van der Waals surface area contributed by atoms with Crippen LogP contribution in [0.15, 0.2) is 10.5 Å². The van der Waals surface area contributed by atoms with Gasteiger partial charge in [-0.3, -0.25) is 9.59 Å². The third-order valence-corrected chi connectivity index (χ3v) is 4.89. The molecule has 0 saturated carbocycles. The molecule has 0 N–H and O–H groups in total. The van der Waals surface area contributed by atoms with Crippen LogP contribution in [0, 0.1) is 19.8 Å². The van der Waals surface area contributed by atoms with E-state index >= 15 is 0 Å². The van der Waals surface area contributed by atoms with Crippen LogP contribution in [0.1, 0.15) is 34.7 Å². The molecule has 0 spiro atoms. The second kappa shape index (κ2) is 6.35. The smallest absolute Gasteiger partial charge is 0.257 e. The Labute approximate surface area is 136 Å². The Morgan fingerprint density at radius 3 is 2.78 bits per heavy atom. The highest BCUT2D eigenvalue weighted by Crippen LogP contribution is 2.30. The molecule has 0 aliphatic carbocycles. The van der Waals surface area contributed by atoms with Crippen LogP contribution in [0.3, 0.4) is 0 Å². The van der Waals surface area contributed by atoms with Crippen molar-refractivity contribution in [1.29, 1.82) is 0 Å². The number of piperidine rings is 1. The molecule has 6 nitrogen and oxygen atoms in total. The Morgan fingerprint density at radius 2 is 2.13 bits per heavy atom. The number of hydrogen-bond donors (Lipinski definition) is 0. The molecule has 126 valence electrons. The van der Waals surface area contributed by atoms with Gasteiger partial charge in [-0.05, 0) is 32.8 Å². The molecule has 0 radical (unpaired) electrons. The number of carbonyl (C=O) groups is 2. The SMILES string of the molecule is COCCN1C(=O)[C@@H]2CC[C@H]1CN(C(=O)c1cc(C)oc1C)C2. The molecule has 3 saturated heterocycles. The molecule has 3 aliphatic heterocycles. The van der Waals surface area contributed by atoms with E-state index in [1.165, 1.54) is 0 Å². The van der Waals surface area contributed by atoms with Gasteiger partial charge < -0.3 is 19.0 Å². The Balaban J connectivity index is 1.80. The van der Waals surface area contributed by atoms with Crippen molar-refractivity contribution in [2.24, 2.45) is 5.92 Å². The first-order valence-corrected chi connectivity index (χ1v) is 8.17. The minimum Gasteiger partial charge on any atom is -0.466 e. The first kappa shape index (κ1) is 16.1. The fraction of sp³-hybridized carbons (Fsp3) is 0.647. The van der Waals surface area contributed by atoms with Gasteiger partial charge in [-0.25, -0.2) is 0 Å². The summed E-state index contributed by atoms with van der Waals surface area (Å²) in [7, 11) is 1.64. The first-order valence-electron chi connectivity index (χ1n) is 8.17. The number of furan rings is 1. The number of methoxy groups -OCH3 is 1. The molecule has 0 unspecified atom stereocenters. The van der Waals surface area contributed by atoms with E-state index in [1.54, 1.807) is 13.2 Å². The zero-order valence-electron chi connectivity index (χ0n) is 14.0. The van der Waals surface area contributed by atoms with Crippen molar-refractivity contribution in [2.75, 3.05) is 33.4 Å². The quantitative estimate of drug-likeness (QED) is 0.845. The van der Waals surface area contributed by atoms with Gasteiger partial charge >= 0.3 is 0 Å². The zero-order valence-corrected chi connectivity index (χ0v) is 14.0. The van der Waals surface area contributed by atoms with Crippen LogP contribution in [0.2, 0.25) is 0 Å². The second-order valence-corrected chi connectivity index (χ2v) is 6.49. The van der Waals surface area contributed by atoms with E-state index in [0.29, 0.717) is 37.6 Å². The Bertz CT molecular complexity index is 610. The lowest BCUT2D eigenvalue weighted by atomic mass is 9.94. The number of hydrogen-bond acceptors (Lipinski definition) is 4. The number of aryl methyl sites for hydroxylation is 2. The summed E-state index contributed by atoms with van der Waals surface area (Å²) in [5, 5.41) is 0. The monoisotopic (exact) mass is 320 g/mol. The molecule has 4 heterocycles. The minimum atomic E-state index is -0.0946. The van der Waals surface area contributed by atoms with Gasteiger partial charge in [-0.15, -0.1) is 0 Å². The predicted octanol–water partition coefficient (Wildman–Crippen LogP) is 1.61. The summed E-state index contributed by atoms with van der Waals surface area (Å²) < 4.78 is 10.6. The summed E-state index contributed by atoms with van der Waals surface area (Å²) in [5.41, 5.74) is 0.611. The molecule has 0 aromatic carbocycles. The number of carbonyl (C=O) groups excluding carboxylic acids is 2. The molecular weight excluding hydrogens is 296 g/mol. The number of ether oxygens (including phenoxy) is 1. The number of nitrogens with zero attached hydrogens (tertiary/aromatic N) is 2. The van der Waals surface area contributed by atoms with Gasteiger partial charge in [0, 0.05) is 32.8 Å². The van der Waals surface area contributed by atoms with Crippen molar-refractivity contribution in [3.05, 3.63) is 23.2 Å². The van der Waals surface area contributed by atoms with E-state index in [1.807, 2.05) is 23.6 Å². The van der Waals surface area contributed by atoms with Gasteiger partial charge in [0.05, 0.1) is 18.1 Å². The Kier molecular flexibility index (Phi) is 4.43. The molecular formula is C17H24N2O4. The van der Waals surface area contributed by atoms with Crippen LogP contribution in [-0.2, 0) is 9.53 Å². The van der Waals surface area contributed by atoms with Gasteiger partial charge in [0.25, 0.3) is 5.91 Å². The fourth-order valence-corrected chi connectivity index (χ4v) is 3.70. The lowest BCUT2D eigenvalue weighted by molar-refractivity contribution is -0.140. The first-order chi connectivity index (χ1) is 11.0. The molecule has 4 rings (SSSR count). The van der Waals surface area contributed by atoms with E-state index in [2.05, 4.69) is 0 Å². The Hall–Kier alpha value is -1.82. The van der Waals surface area contributed by atoms with E-state index in [4.69, 9.17) is 9.15 Å². The van der Waals surface area contributed by atoms with E-state index in [-0.39, 0.29) is 23.8 Å². The maximum Gasteiger partial charge on any atom is 0.257 e. The van der Waals surface area contributed by atoms with Gasteiger partial charge in [0.15, 0.2) is 0 Å². The van der Waals surface area contributed by atoms with Crippen LogP contribution in [-0.4, -0.2) is 61.0 Å². The Morgan fingerprint density at radius 1 is 1.35 bits per heavy atom. The van der Waals surface area contributed by atoms with Crippen molar-refractivity contribution in [1.82, 2.24) is 9.80 Å². The zero-order chi connectivity index (χ0) is 16.6. The van der Waals surface area contributed by atoms with Gasteiger partial charge in [-0.2, -0.15) is 0 Å². The van der Waals surface area contributed by atoms with E-state index in [9.17, 15) is 9.59 Å². The summed E-state index contributed by atoms with van der Waals surface area (Å²) in [5.74, 6) is 1.42. The summed E-state index contributed by atoms with van der Waals surface area (Å²) in [4.78, 5) is 29.2. The van der Waals surface area contributed by atoms with Crippen LogP contribution < -0.4 is 0 Å². The molecule has 2 bridgehead atoms. The molecule has 2 atom stereocenters. The average Bonchev–Trinajstić information content (AvgIpc) is 2.70. The molecule has 23 heavy (non-hydrogen) atoms. The summed E-state index contributed by atoms with van der Waals surface area (Å²) in [6.07, 6.45) is 1.81. The molecule has 1 aromatic rings. The number of rotatable bonds is 4. The highest BCUT2D eigenvalue weighted by Gasteiger charge is 2.42. The number of amides is 2. The van der Waals surface area contributed by atoms with Crippen LogP contribution in [0.25, 0.3) is 0 Å². The fourth-order valence-electron chi connectivity index (χ4n) is 3.70. The summed E-state index contributed by atoms with van der Waals surface area (Å²) >= 11 is 0. The lowest BCUT2D eigenvalue weighted by Crippen LogP contribution is -2.49. The highest BCUT2D eigenvalue weighted by atomic mass is 16.5. The van der Waals surface area contributed by atoms with Crippen molar-refractivity contribution >= 4 is 11.8 Å². The molecule has 1 aromatic heterocycles. The predicted molar refractivity (Wildman–Crippen MR) is 84.2 cm³/mol. The second-order valence-electron chi connectivity index (χ2n) is 6.49. The summed E-state index contributed by atoms with van der Waals surface area (Å²) in [6.45, 7) is 5.87. The largest absolute Gasteiger partial charge is 0.466 e. The molecule has 2 amide bonds. The third-order valence-electron chi connectivity index (χ3n) is 4.89. The lowest BCUT2D eigenvalue weighted by Gasteiger charge is -2.35. The summed E-state index contributed by atoms with van der Waals surface area (Å²) in [6, 6.07) is 1.88. The highest BCUT2D eigenvalue weighted by molar-refractivity contribution is 5.96. The standard InChI is InChI=1S/C17H24N2O4/c1-11-8-15(12(2)23-11)17(21)18-9-13-4-5-14(10-18)19(16(13)20)6-7-22-3/h8,13-14H,4-7,9-10H2,1-3H3/t13-,14+/m1/s1. The van der Waals surface area contributed by atoms with Gasteiger partial charge in [0.1, 0.15) is 11.5 Å².